The Morgan fingerprint density at radius 1 is 0.538 bits per heavy atom. The third kappa shape index (κ3) is 6.83. The number of nitrogens with zero attached hydrogens (tertiary/aromatic N) is 6. The van der Waals surface area contributed by atoms with Crippen molar-refractivity contribution in [2.24, 2.45) is 10.2 Å². The van der Waals surface area contributed by atoms with Gasteiger partial charge < -0.3 is 0 Å². The summed E-state index contributed by atoms with van der Waals surface area (Å²) in [5.74, 6) is -0.0622. The van der Waals surface area contributed by atoms with Crippen molar-refractivity contribution >= 4 is 41.6 Å². The van der Waals surface area contributed by atoms with Crippen LogP contribution in [0.15, 0.2) is 119 Å². The van der Waals surface area contributed by atoms with E-state index >= 15 is 0 Å². The number of hydrogen-bond donors (Lipinski definition) is 2. The maximum absolute atomic E-state index is 13.2. The lowest BCUT2D eigenvalue weighted by molar-refractivity contribution is 0.627. The minimum atomic E-state index is -0.332. The molecule has 0 fully saturated rings. The lowest BCUT2D eigenvalue weighted by atomic mass is 10.2. The summed E-state index contributed by atoms with van der Waals surface area (Å²) < 4.78 is 26.4. The molecule has 0 radical (unpaired) electrons. The number of nitrogens with one attached hydrogen (secondary N) is 2. The molecule has 0 unspecified atom stereocenters. The lowest BCUT2D eigenvalue weighted by Gasteiger charge is -2.23. The molecule has 8 nitrogen and oxygen atoms in total. The van der Waals surface area contributed by atoms with Crippen LogP contribution < -0.4 is 15.8 Å². The van der Waals surface area contributed by atoms with Gasteiger partial charge in [0.2, 0.25) is 17.8 Å². The van der Waals surface area contributed by atoms with Crippen molar-refractivity contribution < 1.29 is 8.78 Å². The number of para-hydroxylation sites is 2. The number of hydrazone groups is 2. The van der Waals surface area contributed by atoms with Crippen molar-refractivity contribution in [2.45, 2.75) is 0 Å². The Balaban J connectivity index is 1.49. The van der Waals surface area contributed by atoms with E-state index in [1.54, 1.807) is 24.3 Å². The molecule has 2 N–H and O–H groups in total. The number of hydrogen-bond acceptors (Lipinski definition) is 8. The summed E-state index contributed by atoms with van der Waals surface area (Å²) in [6.45, 7) is 0. The first-order valence-corrected chi connectivity index (χ1v) is 11.9. The Hall–Kier alpha value is -5.51. The molecular weight excluding hydrogens is 498 g/mol. The van der Waals surface area contributed by atoms with Crippen LogP contribution in [-0.2, 0) is 0 Å². The summed E-state index contributed by atoms with van der Waals surface area (Å²) in [7, 11) is 0. The van der Waals surface area contributed by atoms with Crippen molar-refractivity contribution in [1.82, 2.24) is 15.0 Å². The van der Waals surface area contributed by atoms with Crippen LogP contribution in [0, 0.1) is 11.6 Å². The zero-order valence-corrected chi connectivity index (χ0v) is 20.5. The van der Waals surface area contributed by atoms with Crippen LogP contribution >= 0.6 is 0 Å². The van der Waals surface area contributed by atoms with Gasteiger partial charge in [-0.3, -0.25) is 4.90 Å². The highest BCUT2D eigenvalue weighted by atomic mass is 19.1. The molecule has 1 aromatic heterocycles. The van der Waals surface area contributed by atoms with Gasteiger partial charge in [0.05, 0.1) is 12.4 Å². The minimum absolute atomic E-state index is 0.148. The van der Waals surface area contributed by atoms with E-state index in [0.717, 1.165) is 11.4 Å². The van der Waals surface area contributed by atoms with E-state index < -0.39 is 0 Å². The van der Waals surface area contributed by atoms with Crippen molar-refractivity contribution in [3.63, 3.8) is 0 Å². The molecule has 0 spiro atoms. The molecule has 4 aromatic carbocycles. The Morgan fingerprint density at radius 3 is 1.36 bits per heavy atom. The normalized spacial score (nSPS) is 11.1. The van der Waals surface area contributed by atoms with E-state index in [4.69, 9.17) is 0 Å². The Labute approximate surface area is 223 Å². The summed E-state index contributed by atoms with van der Waals surface area (Å²) >= 11 is 0. The van der Waals surface area contributed by atoms with E-state index in [0.29, 0.717) is 17.1 Å². The predicted octanol–water partition coefficient (Wildman–Crippen LogP) is 6.51. The molecule has 0 aliphatic rings. The average molecular weight is 521 g/mol. The van der Waals surface area contributed by atoms with Gasteiger partial charge in [-0.15, -0.1) is 0 Å². The van der Waals surface area contributed by atoms with Gasteiger partial charge in [0.1, 0.15) is 11.6 Å². The van der Waals surface area contributed by atoms with Crippen LogP contribution in [0.3, 0.4) is 0 Å². The summed E-state index contributed by atoms with van der Waals surface area (Å²) in [6, 6.07) is 31.1. The molecule has 0 bridgehead atoms. The summed E-state index contributed by atoms with van der Waals surface area (Å²) in [4.78, 5) is 15.4. The molecule has 0 aliphatic carbocycles. The topological polar surface area (TPSA) is 90.7 Å². The molecule has 5 aromatic rings. The van der Waals surface area contributed by atoms with E-state index in [-0.39, 0.29) is 23.5 Å². The van der Waals surface area contributed by atoms with Crippen LogP contribution in [0.2, 0.25) is 0 Å². The van der Waals surface area contributed by atoms with Gasteiger partial charge in [0, 0.05) is 11.4 Å². The van der Waals surface area contributed by atoms with Crippen LogP contribution in [0.4, 0.5) is 38.0 Å². The quantitative estimate of drug-likeness (QED) is 0.170. The van der Waals surface area contributed by atoms with Gasteiger partial charge in [-0.25, -0.2) is 19.6 Å². The number of halogens is 2. The SMILES string of the molecule is Fc1ccc(/C=N\Nc2nc(N/N=C\c3ccc(F)cc3)nc(N(c3ccccc3)c3ccccc3)n2)cc1. The summed E-state index contributed by atoms with van der Waals surface area (Å²) in [6.07, 6.45) is 3.05. The number of rotatable bonds is 9. The number of anilines is 5. The Morgan fingerprint density at radius 2 is 0.949 bits per heavy atom. The first-order valence-electron chi connectivity index (χ1n) is 11.9. The highest BCUT2D eigenvalue weighted by Crippen LogP contribution is 2.32. The van der Waals surface area contributed by atoms with Gasteiger partial charge in [-0.2, -0.15) is 25.2 Å². The molecule has 5 rings (SSSR count). The van der Waals surface area contributed by atoms with Crippen LogP contribution in [-0.4, -0.2) is 27.4 Å². The first kappa shape index (κ1) is 25.2. The smallest absolute Gasteiger partial charge is 0.250 e. The number of benzene rings is 4. The summed E-state index contributed by atoms with van der Waals surface area (Å²) in [5, 5.41) is 8.39. The lowest BCUT2D eigenvalue weighted by Crippen LogP contribution is -2.16. The van der Waals surface area contributed by atoms with Gasteiger partial charge in [-0.05, 0) is 59.7 Å². The second-order valence-corrected chi connectivity index (χ2v) is 8.13. The van der Waals surface area contributed by atoms with Crippen molar-refractivity contribution in [2.75, 3.05) is 15.8 Å². The first-order chi connectivity index (χ1) is 19.1. The summed E-state index contributed by atoms with van der Waals surface area (Å²) in [5.41, 5.74) is 8.67. The molecular formula is C29H22F2N8. The third-order valence-corrected chi connectivity index (χ3v) is 5.35. The fraction of sp³-hybridized carbons (Fsp3) is 0. The van der Waals surface area contributed by atoms with Crippen molar-refractivity contribution in [3.8, 4) is 0 Å². The van der Waals surface area contributed by atoms with E-state index in [9.17, 15) is 8.78 Å². The van der Waals surface area contributed by atoms with Crippen molar-refractivity contribution in [3.05, 3.63) is 132 Å². The molecule has 39 heavy (non-hydrogen) atoms. The minimum Gasteiger partial charge on any atom is -0.279 e. The molecule has 10 heteroatoms. The standard InChI is InChI=1S/C29H22F2N8/c30-23-15-11-21(12-16-23)19-32-37-27-34-28(38-33-20-22-13-17-24(31)18-14-22)36-29(35-27)39(25-7-3-1-4-8-25)26-9-5-2-6-10-26/h1-20H,(H2,34,35,36,37,38)/b32-19-,33-20-. The molecule has 0 amide bonds. The Bertz CT molecular complexity index is 1440. The monoisotopic (exact) mass is 520 g/mol. The maximum Gasteiger partial charge on any atom is 0.250 e. The molecule has 0 saturated heterocycles. The van der Waals surface area contributed by atoms with E-state index in [1.165, 1.54) is 36.7 Å². The van der Waals surface area contributed by atoms with Gasteiger partial charge in [-0.1, -0.05) is 60.7 Å². The second kappa shape index (κ2) is 12.2. The van der Waals surface area contributed by atoms with Crippen LogP contribution in [0.1, 0.15) is 11.1 Å². The van der Waals surface area contributed by atoms with Crippen molar-refractivity contribution in [1.29, 1.82) is 0 Å². The van der Waals surface area contributed by atoms with Crippen LogP contribution in [0.5, 0.6) is 0 Å². The van der Waals surface area contributed by atoms with Crippen LogP contribution in [0.25, 0.3) is 0 Å². The van der Waals surface area contributed by atoms with Gasteiger partial charge in [0.15, 0.2) is 0 Å². The molecule has 0 atom stereocenters. The fourth-order valence-corrected chi connectivity index (χ4v) is 3.53. The highest BCUT2D eigenvalue weighted by Gasteiger charge is 2.17. The average Bonchev–Trinajstić information content (AvgIpc) is 2.96. The predicted molar refractivity (Wildman–Crippen MR) is 150 cm³/mol. The Kier molecular flexibility index (Phi) is 7.84. The second-order valence-electron chi connectivity index (χ2n) is 8.13. The zero-order chi connectivity index (χ0) is 26.9. The van der Waals surface area contributed by atoms with Gasteiger partial charge in [0.25, 0.3) is 0 Å². The largest absolute Gasteiger partial charge is 0.279 e. The van der Waals surface area contributed by atoms with E-state index in [2.05, 4.69) is 36.0 Å². The molecule has 0 aliphatic heterocycles. The fourth-order valence-electron chi connectivity index (χ4n) is 3.53. The van der Waals surface area contributed by atoms with Gasteiger partial charge >= 0.3 is 0 Å². The third-order valence-electron chi connectivity index (χ3n) is 5.35. The zero-order valence-electron chi connectivity index (χ0n) is 20.5. The number of aromatic nitrogens is 3. The maximum atomic E-state index is 13.2. The molecule has 0 saturated carbocycles. The molecule has 192 valence electrons. The molecule has 1 heterocycles. The highest BCUT2D eigenvalue weighted by molar-refractivity contribution is 5.81. The van der Waals surface area contributed by atoms with E-state index in [1.807, 2.05) is 65.6 Å².